The predicted octanol–water partition coefficient (Wildman–Crippen LogP) is 0.602. The molecule has 0 aromatic carbocycles. The first-order valence-corrected chi connectivity index (χ1v) is 7.06. The van der Waals surface area contributed by atoms with Gasteiger partial charge in [-0.25, -0.2) is 0 Å². The van der Waals surface area contributed by atoms with Crippen LogP contribution in [0.3, 0.4) is 0 Å². The minimum Gasteiger partial charge on any atom is -0.393 e. The summed E-state index contributed by atoms with van der Waals surface area (Å²) in [6.07, 6.45) is 5.40. The topological polar surface area (TPSA) is 44.7 Å². The third-order valence-corrected chi connectivity index (χ3v) is 3.88. The molecule has 1 saturated carbocycles. The van der Waals surface area contributed by atoms with Crippen LogP contribution < -0.4 is 5.32 Å². The molecule has 0 atom stereocenters. The molecule has 0 bridgehead atoms. The average molecular weight is 242 g/mol. The lowest BCUT2D eigenvalue weighted by atomic mass is 9.93. The Kier molecular flexibility index (Phi) is 5.71. The van der Waals surface area contributed by atoms with Crippen LogP contribution in [-0.2, 0) is 4.74 Å². The number of aliphatic hydroxyl groups excluding tert-OH is 1. The number of aliphatic hydroxyl groups is 1. The summed E-state index contributed by atoms with van der Waals surface area (Å²) in [5.74, 6) is 0. The van der Waals surface area contributed by atoms with E-state index in [-0.39, 0.29) is 6.10 Å². The van der Waals surface area contributed by atoms with Crippen molar-refractivity contribution in [3.63, 3.8) is 0 Å². The predicted molar refractivity (Wildman–Crippen MR) is 68.1 cm³/mol. The summed E-state index contributed by atoms with van der Waals surface area (Å²) in [6, 6.07) is 0.642. The van der Waals surface area contributed by atoms with E-state index >= 15 is 0 Å². The maximum Gasteiger partial charge on any atom is 0.0594 e. The molecular weight excluding hydrogens is 216 g/mol. The second-order valence-electron chi connectivity index (χ2n) is 5.27. The number of ether oxygens (including phenoxy) is 1. The first-order valence-electron chi connectivity index (χ1n) is 7.06. The van der Waals surface area contributed by atoms with E-state index in [1.807, 2.05) is 0 Å². The molecule has 0 spiro atoms. The maximum absolute atomic E-state index is 9.42. The molecule has 100 valence electrons. The van der Waals surface area contributed by atoms with Crippen LogP contribution in [0.2, 0.25) is 0 Å². The summed E-state index contributed by atoms with van der Waals surface area (Å²) < 4.78 is 5.33. The van der Waals surface area contributed by atoms with Gasteiger partial charge in [-0.15, -0.1) is 0 Å². The van der Waals surface area contributed by atoms with Gasteiger partial charge in [0.25, 0.3) is 0 Å². The highest BCUT2D eigenvalue weighted by Crippen LogP contribution is 2.18. The third kappa shape index (κ3) is 4.92. The van der Waals surface area contributed by atoms with Gasteiger partial charge >= 0.3 is 0 Å². The van der Waals surface area contributed by atoms with Crippen molar-refractivity contribution in [2.24, 2.45) is 0 Å². The smallest absolute Gasteiger partial charge is 0.0594 e. The lowest BCUT2D eigenvalue weighted by molar-refractivity contribution is 0.0372. The van der Waals surface area contributed by atoms with Gasteiger partial charge in [0, 0.05) is 19.1 Å². The first kappa shape index (κ1) is 13.3. The van der Waals surface area contributed by atoms with Gasteiger partial charge in [-0.3, -0.25) is 4.90 Å². The molecule has 2 fully saturated rings. The largest absolute Gasteiger partial charge is 0.393 e. The van der Waals surface area contributed by atoms with Gasteiger partial charge in [0.15, 0.2) is 0 Å². The van der Waals surface area contributed by atoms with Gasteiger partial charge in [-0.2, -0.15) is 0 Å². The monoisotopic (exact) mass is 242 g/mol. The summed E-state index contributed by atoms with van der Waals surface area (Å²) >= 11 is 0. The van der Waals surface area contributed by atoms with Crippen molar-refractivity contribution in [1.29, 1.82) is 0 Å². The van der Waals surface area contributed by atoms with Crippen LogP contribution in [0.1, 0.15) is 32.1 Å². The van der Waals surface area contributed by atoms with Crippen LogP contribution in [0, 0.1) is 0 Å². The second-order valence-corrected chi connectivity index (χ2v) is 5.27. The van der Waals surface area contributed by atoms with Crippen LogP contribution in [-0.4, -0.2) is 61.5 Å². The van der Waals surface area contributed by atoms with Gasteiger partial charge in [0.2, 0.25) is 0 Å². The standard InChI is InChI=1S/C13H26N2O2/c16-13-4-2-12(3-5-13)14-6-1-7-15-8-10-17-11-9-15/h12-14,16H,1-11H2. The second kappa shape index (κ2) is 7.31. The molecule has 1 saturated heterocycles. The molecule has 2 aliphatic rings. The van der Waals surface area contributed by atoms with E-state index in [1.54, 1.807) is 0 Å². The molecule has 2 rings (SSSR count). The molecule has 0 radical (unpaired) electrons. The Balaban J connectivity index is 1.48. The van der Waals surface area contributed by atoms with Crippen LogP contribution >= 0.6 is 0 Å². The average Bonchev–Trinajstić information content (AvgIpc) is 2.38. The van der Waals surface area contributed by atoms with E-state index in [1.165, 1.54) is 13.0 Å². The number of nitrogens with zero attached hydrogens (tertiary/aromatic N) is 1. The van der Waals surface area contributed by atoms with Crippen molar-refractivity contribution in [2.45, 2.75) is 44.2 Å². The minimum absolute atomic E-state index is 0.0404. The summed E-state index contributed by atoms with van der Waals surface area (Å²) in [6.45, 7) is 6.27. The quantitative estimate of drug-likeness (QED) is 0.693. The molecule has 2 N–H and O–H groups in total. The number of hydrogen-bond donors (Lipinski definition) is 2. The SMILES string of the molecule is OC1CCC(NCCCN2CCOCC2)CC1. The highest BCUT2D eigenvalue weighted by atomic mass is 16.5. The lowest BCUT2D eigenvalue weighted by Gasteiger charge is -2.28. The fraction of sp³-hybridized carbons (Fsp3) is 1.00. The molecule has 0 unspecified atom stereocenters. The summed E-state index contributed by atoms with van der Waals surface area (Å²) in [5.41, 5.74) is 0. The maximum atomic E-state index is 9.42. The Morgan fingerprint density at radius 1 is 1.12 bits per heavy atom. The van der Waals surface area contributed by atoms with Gasteiger partial charge in [-0.1, -0.05) is 0 Å². The van der Waals surface area contributed by atoms with Gasteiger partial charge in [-0.05, 0) is 45.2 Å². The Labute approximate surface area is 104 Å². The van der Waals surface area contributed by atoms with Crippen molar-refractivity contribution in [1.82, 2.24) is 10.2 Å². The minimum atomic E-state index is -0.0404. The van der Waals surface area contributed by atoms with Crippen molar-refractivity contribution < 1.29 is 9.84 Å². The summed E-state index contributed by atoms with van der Waals surface area (Å²) in [7, 11) is 0. The molecule has 1 aliphatic heterocycles. The van der Waals surface area contributed by atoms with Crippen molar-refractivity contribution in [2.75, 3.05) is 39.4 Å². The van der Waals surface area contributed by atoms with Crippen molar-refractivity contribution in [3.05, 3.63) is 0 Å². The number of morpholine rings is 1. The fourth-order valence-corrected chi connectivity index (χ4v) is 2.71. The van der Waals surface area contributed by atoms with Gasteiger partial charge in [0.05, 0.1) is 19.3 Å². The van der Waals surface area contributed by atoms with Gasteiger partial charge < -0.3 is 15.2 Å². The van der Waals surface area contributed by atoms with E-state index in [4.69, 9.17) is 4.74 Å². The molecule has 4 nitrogen and oxygen atoms in total. The van der Waals surface area contributed by atoms with Gasteiger partial charge in [0.1, 0.15) is 0 Å². The van der Waals surface area contributed by atoms with E-state index in [0.29, 0.717) is 6.04 Å². The molecule has 0 amide bonds. The summed E-state index contributed by atoms with van der Waals surface area (Å²) in [5, 5.41) is 13.0. The van der Waals surface area contributed by atoms with E-state index < -0.39 is 0 Å². The number of rotatable bonds is 5. The molecule has 1 aliphatic carbocycles. The molecule has 4 heteroatoms. The lowest BCUT2D eigenvalue weighted by Crippen LogP contribution is -2.39. The molecule has 0 aromatic heterocycles. The molecule has 0 aromatic rings. The number of hydrogen-bond acceptors (Lipinski definition) is 4. The zero-order valence-corrected chi connectivity index (χ0v) is 10.7. The Morgan fingerprint density at radius 2 is 1.82 bits per heavy atom. The zero-order valence-electron chi connectivity index (χ0n) is 10.7. The molecule has 17 heavy (non-hydrogen) atoms. The summed E-state index contributed by atoms with van der Waals surface area (Å²) in [4.78, 5) is 2.48. The Hall–Kier alpha value is -0.160. The normalized spacial score (nSPS) is 31.6. The van der Waals surface area contributed by atoms with Crippen LogP contribution in [0.15, 0.2) is 0 Å². The fourth-order valence-electron chi connectivity index (χ4n) is 2.71. The van der Waals surface area contributed by atoms with E-state index in [9.17, 15) is 5.11 Å². The van der Waals surface area contributed by atoms with Crippen molar-refractivity contribution in [3.8, 4) is 0 Å². The molecule has 1 heterocycles. The zero-order chi connectivity index (χ0) is 11.9. The molecular formula is C13H26N2O2. The highest BCUT2D eigenvalue weighted by molar-refractivity contribution is 4.76. The van der Waals surface area contributed by atoms with Crippen LogP contribution in [0.4, 0.5) is 0 Å². The number of nitrogens with one attached hydrogen (secondary N) is 1. The first-order chi connectivity index (χ1) is 8.34. The highest BCUT2D eigenvalue weighted by Gasteiger charge is 2.18. The van der Waals surface area contributed by atoms with Crippen molar-refractivity contribution >= 4 is 0 Å². The van der Waals surface area contributed by atoms with Crippen LogP contribution in [0.25, 0.3) is 0 Å². The third-order valence-electron chi connectivity index (χ3n) is 3.88. The van der Waals surface area contributed by atoms with E-state index in [2.05, 4.69) is 10.2 Å². The van der Waals surface area contributed by atoms with Crippen LogP contribution in [0.5, 0.6) is 0 Å². The van der Waals surface area contributed by atoms with E-state index in [0.717, 1.165) is 58.5 Å². The Bertz CT molecular complexity index is 200. The Morgan fingerprint density at radius 3 is 2.53 bits per heavy atom.